The maximum Gasteiger partial charge on any atom is 0.274 e. The number of aliphatic hydroxyl groups excluding tert-OH is 1. The first kappa shape index (κ1) is 21.4. The Morgan fingerprint density at radius 2 is 2.18 bits per heavy atom. The van der Waals surface area contributed by atoms with Gasteiger partial charge in [-0.25, -0.2) is 4.98 Å². The van der Waals surface area contributed by atoms with Gasteiger partial charge in [0.05, 0.1) is 31.0 Å². The van der Waals surface area contributed by atoms with Crippen molar-refractivity contribution in [1.82, 2.24) is 24.5 Å². The molecule has 1 aliphatic heterocycles. The van der Waals surface area contributed by atoms with Gasteiger partial charge in [-0.15, -0.1) is 0 Å². The summed E-state index contributed by atoms with van der Waals surface area (Å²) >= 11 is 0. The Morgan fingerprint density at radius 3 is 2.88 bits per heavy atom. The van der Waals surface area contributed by atoms with Crippen molar-refractivity contribution in [3.8, 4) is 0 Å². The van der Waals surface area contributed by atoms with Gasteiger partial charge in [-0.3, -0.25) is 9.59 Å². The van der Waals surface area contributed by atoms with Crippen molar-refractivity contribution in [2.75, 3.05) is 30.9 Å². The van der Waals surface area contributed by atoms with Gasteiger partial charge >= 0.3 is 0 Å². The van der Waals surface area contributed by atoms with Gasteiger partial charge in [0.15, 0.2) is 5.65 Å². The van der Waals surface area contributed by atoms with Crippen LogP contribution < -0.4 is 21.5 Å². The number of fused-ring (bicyclic) bond motifs is 1. The van der Waals surface area contributed by atoms with Gasteiger partial charge in [0, 0.05) is 25.9 Å². The van der Waals surface area contributed by atoms with Crippen LogP contribution in [0.5, 0.6) is 0 Å². The van der Waals surface area contributed by atoms with E-state index in [0.717, 1.165) is 25.9 Å². The lowest BCUT2D eigenvalue weighted by atomic mass is 9.89. The number of carbonyl (C=O) groups is 1. The molecule has 2 fully saturated rings. The van der Waals surface area contributed by atoms with Crippen molar-refractivity contribution >= 4 is 28.9 Å². The Morgan fingerprint density at radius 1 is 1.30 bits per heavy atom. The van der Waals surface area contributed by atoms with E-state index in [0.29, 0.717) is 41.6 Å². The van der Waals surface area contributed by atoms with E-state index in [1.165, 1.54) is 10.7 Å². The SMILES string of the molecule is CNc1cc(Nc2cccn([C@@H]3CCCOC3)c2=O)nc2c(C(=O)NC3CC[C@@H]3O)cnn12. The van der Waals surface area contributed by atoms with Gasteiger partial charge in [0.25, 0.3) is 11.5 Å². The van der Waals surface area contributed by atoms with E-state index in [4.69, 9.17) is 4.74 Å². The third-order valence-electron chi connectivity index (χ3n) is 6.29. The predicted molar refractivity (Wildman–Crippen MR) is 122 cm³/mol. The van der Waals surface area contributed by atoms with Crippen molar-refractivity contribution in [3.05, 3.63) is 46.5 Å². The molecular formula is C22H27N7O4. The number of hydrogen-bond donors (Lipinski definition) is 4. The van der Waals surface area contributed by atoms with Crippen molar-refractivity contribution in [1.29, 1.82) is 0 Å². The van der Waals surface area contributed by atoms with Crippen LogP contribution in [0.25, 0.3) is 5.65 Å². The van der Waals surface area contributed by atoms with E-state index < -0.39 is 6.10 Å². The molecule has 3 aromatic rings. The summed E-state index contributed by atoms with van der Waals surface area (Å²) < 4.78 is 8.76. The summed E-state index contributed by atoms with van der Waals surface area (Å²) in [4.78, 5) is 30.5. The molecule has 33 heavy (non-hydrogen) atoms. The Balaban J connectivity index is 1.46. The van der Waals surface area contributed by atoms with Crippen molar-refractivity contribution < 1.29 is 14.6 Å². The van der Waals surface area contributed by atoms with Gasteiger partial charge in [-0.05, 0) is 37.8 Å². The summed E-state index contributed by atoms with van der Waals surface area (Å²) in [5.74, 6) is 0.654. The molecule has 0 aromatic carbocycles. The molecule has 174 valence electrons. The largest absolute Gasteiger partial charge is 0.391 e. The molecular weight excluding hydrogens is 426 g/mol. The average molecular weight is 454 g/mol. The summed E-state index contributed by atoms with van der Waals surface area (Å²) in [6.07, 6.45) is 5.92. The first-order chi connectivity index (χ1) is 16.0. The number of anilines is 3. The Kier molecular flexibility index (Phi) is 5.73. The van der Waals surface area contributed by atoms with Gasteiger partial charge in [-0.2, -0.15) is 9.61 Å². The van der Waals surface area contributed by atoms with Crippen molar-refractivity contribution in [2.24, 2.45) is 0 Å². The average Bonchev–Trinajstić information content (AvgIpc) is 3.27. The minimum absolute atomic E-state index is 0.00305. The number of aliphatic hydroxyl groups is 1. The molecule has 3 aromatic heterocycles. The van der Waals surface area contributed by atoms with Crippen LogP contribution in [0.3, 0.4) is 0 Å². The molecule has 2 aliphatic rings. The smallest absolute Gasteiger partial charge is 0.274 e. The summed E-state index contributed by atoms with van der Waals surface area (Å²) in [5.41, 5.74) is 0.850. The molecule has 3 atom stereocenters. The molecule has 1 amide bonds. The Bertz CT molecular complexity index is 1230. The first-order valence-corrected chi connectivity index (χ1v) is 11.2. The van der Waals surface area contributed by atoms with Gasteiger partial charge < -0.3 is 30.4 Å². The second-order valence-electron chi connectivity index (χ2n) is 8.43. The maximum absolute atomic E-state index is 13.1. The number of hydrogen-bond acceptors (Lipinski definition) is 8. The highest BCUT2D eigenvalue weighted by molar-refractivity contribution is 6.00. The number of pyridine rings is 1. The number of carbonyl (C=O) groups excluding carboxylic acids is 1. The van der Waals surface area contributed by atoms with E-state index in [1.807, 2.05) is 6.07 Å². The van der Waals surface area contributed by atoms with E-state index in [1.54, 1.807) is 29.9 Å². The number of ether oxygens (including phenoxy) is 1. The quantitative estimate of drug-likeness (QED) is 0.438. The van der Waals surface area contributed by atoms with Crippen LogP contribution >= 0.6 is 0 Å². The third-order valence-corrected chi connectivity index (χ3v) is 6.29. The second kappa shape index (κ2) is 8.83. The van der Waals surface area contributed by atoms with E-state index >= 15 is 0 Å². The number of rotatable bonds is 6. The van der Waals surface area contributed by atoms with Crippen molar-refractivity contribution in [3.63, 3.8) is 0 Å². The summed E-state index contributed by atoms with van der Waals surface area (Å²) in [7, 11) is 1.74. The van der Waals surface area contributed by atoms with E-state index in [9.17, 15) is 14.7 Å². The molecule has 4 N–H and O–H groups in total. The molecule has 1 saturated heterocycles. The second-order valence-corrected chi connectivity index (χ2v) is 8.43. The summed E-state index contributed by atoms with van der Waals surface area (Å²) in [6.45, 7) is 1.24. The highest BCUT2D eigenvalue weighted by Crippen LogP contribution is 2.24. The van der Waals surface area contributed by atoms with Gasteiger partial charge in [-0.1, -0.05) is 0 Å². The van der Waals surface area contributed by atoms with Crippen LogP contribution in [-0.2, 0) is 4.74 Å². The number of amides is 1. The lowest BCUT2D eigenvalue weighted by molar-refractivity contribution is 0.0448. The zero-order chi connectivity index (χ0) is 22.9. The lowest BCUT2D eigenvalue weighted by Gasteiger charge is -2.32. The first-order valence-electron chi connectivity index (χ1n) is 11.2. The highest BCUT2D eigenvalue weighted by atomic mass is 16.5. The fourth-order valence-electron chi connectivity index (χ4n) is 4.24. The minimum Gasteiger partial charge on any atom is -0.391 e. The molecule has 5 rings (SSSR count). The fourth-order valence-corrected chi connectivity index (χ4v) is 4.24. The topological polar surface area (TPSA) is 135 Å². The van der Waals surface area contributed by atoms with Crippen molar-refractivity contribution in [2.45, 2.75) is 43.9 Å². The van der Waals surface area contributed by atoms with E-state index in [-0.39, 0.29) is 23.6 Å². The fraction of sp³-hybridized carbons (Fsp3) is 0.455. The molecule has 0 radical (unpaired) electrons. The number of nitrogens with zero attached hydrogens (tertiary/aromatic N) is 4. The summed E-state index contributed by atoms with van der Waals surface area (Å²) in [5, 5.41) is 23.1. The van der Waals surface area contributed by atoms with Crippen LogP contribution in [-0.4, -0.2) is 62.6 Å². The zero-order valence-electron chi connectivity index (χ0n) is 18.3. The molecule has 1 aliphatic carbocycles. The van der Waals surface area contributed by atoms with Crippen LogP contribution in [0, 0.1) is 0 Å². The predicted octanol–water partition coefficient (Wildman–Crippen LogP) is 1.28. The Hall–Kier alpha value is -3.44. The normalized spacial score (nSPS) is 22.5. The van der Waals surface area contributed by atoms with E-state index in [2.05, 4.69) is 26.0 Å². The van der Waals surface area contributed by atoms with Crippen LogP contribution in [0.4, 0.5) is 17.3 Å². The number of nitrogens with one attached hydrogen (secondary N) is 3. The zero-order valence-corrected chi connectivity index (χ0v) is 18.3. The molecule has 0 bridgehead atoms. The number of aromatic nitrogens is 4. The highest BCUT2D eigenvalue weighted by Gasteiger charge is 2.31. The molecule has 11 heteroatoms. The Labute approximate surface area is 189 Å². The maximum atomic E-state index is 13.1. The molecule has 11 nitrogen and oxygen atoms in total. The monoisotopic (exact) mass is 453 g/mol. The molecule has 1 unspecified atom stereocenters. The van der Waals surface area contributed by atoms with Gasteiger partial charge in [0.2, 0.25) is 0 Å². The third kappa shape index (κ3) is 4.05. The lowest BCUT2D eigenvalue weighted by Crippen LogP contribution is -2.50. The van der Waals surface area contributed by atoms with Gasteiger partial charge in [0.1, 0.15) is 22.9 Å². The van der Waals surface area contributed by atoms with Crippen LogP contribution in [0.2, 0.25) is 0 Å². The molecule has 0 spiro atoms. The molecule has 1 saturated carbocycles. The van der Waals surface area contributed by atoms with Crippen LogP contribution in [0.15, 0.2) is 35.4 Å². The van der Waals surface area contributed by atoms with Crippen LogP contribution in [0.1, 0.15) is 42.1 Å². The molecule has 4 heterocycles. The minimum atomic E-state index is -0.524. The standard InChI is InChI=1S/C22H27N7O4/c1-23-19-10-18(25-16-5-2-8-28(22(16)32)13-4-3-9-33-12-13)27-20-14(11-24-29(19)20)21(31)26-15-6-7-17(15)30/h2,5,8,10-11,13,15,17,23,30H,3-4,6-7,9,12H2,1H3,(H,25,27)(H,26,31)/t13-,15?,17+/m1/s1. The summed E-state index contributed by atoms with van der Waals surface area (Å²) in [6, 6.07) is 4.98.